The second-order valence-corrected chi connectivity index (χ2v) is 5.72. The van der Waals surface area contributed by atoms with E-state index in [-0.39, 0.29) is 18.3 Å². The highest BCUT2D eigenvalue weighted by molar-refractivity contribution is 7.07. The van der Waals surface area contributed by atoms with Crippen molar-refractivity contribution < 1.29 is 19.8 Å². The van der Waals surface area contributed by atoms with E-state index in [1.165, 1.54) is 11.3 Å². The molecule has 0 radical (unpaired) electrons. The number of thiazole rings is 1. The van der Waals surface area contributed by atoms with Crippen molar-refractivity contribution >= 4 is 23.7 Å². The van der Waals surface area contributed by atoms with Crippen LogP contribution in [0.2, 0.25) is 0 Å². The van der Waals surface area contributed by atoms with E-state index >= 15 is 0 Å². The van der Waals surface area contributed by atoms with Gasteiger partial charge in [0, 0.05) is 25.5 Å². The first kappa shape index (κ1) is 17.5. The molecular formula is C13H21N3O4S. The van der Waals surface area contributed by atoms with E-state index in [4.69, 9.17) is 9.90 Å². The predicted molar refractivity (Wildman–Crippen MR) is 78.9 cm³/mol. The third-order valence-corrected chi connectivity index (χ3v) is 3.99. The zero-order valence-corrected chi connectivity index (χ0v) is 13.0. The Hall–Kier alpha value is -1.51. The van der Waals surface area contributed by atoms with Crippen LogP contribution in [-0.2, 0) is 16.1 Å². The third kappa shape index (κ3) is 5.41. The van der Waals surface area contributed by atoms with Gasteiger partial charge in [0.1, 0.15) is 0 Å². The summed E-state index contributed by atoms with van der Waals surface area (Å²) in [5.74, 6) is -0.311. The summed E-state index contributed by atoms with van der Waals surface area (Å²) in [6.45, 7) is 1.73. The molecule has 0 saturated carbocycles. The Morgan fingerprint density at radius 3 is 2.90 bits per heavy atom. The van der Waals surface area contributed by atoms with Gasteiger partial charge in [0.25, 0.3) is 6.47 Å². The lowest BCUT2D eigenvalue weighted by Gasteiger charge is -2.35. The zero-order chi connectivity index (χ0) is 15.8. The molecule has 0 aliphatic carbocycles. The second kappa shape index (κ2) is 8.71. The molecule has 2 atom stereocenters. The van der Waals surface area contributed by atoms with Crippen LogP contribution in [-0.4, -0.2) is 70.7 Å². The van der Waals surface area contributed by atoms with Crippen LogP contribution in [0.4, 0.5) is 0 Å². The summed E-state index contributed by atoms with van der Waals surface area (Å²) < 4.78 is 0. The molecule has 0 aromatic carbocycles. The molecule has 2 N–H and O–H groups in total. The van der Waals surface area contributed by atoms with E-state index in [0.29, 0.717) is 19.5 Å². The summed E-state index contributed by atoms with van der Waals surface area (Å²) in [4.78, 5) is 28.6. The van der Waals surface area contributed by atoms with Gasteiger partial charge in [-0.25, -0.2) is 4.98 Å². The molecule has 7 nitrogen and oxygen atoms in total. The van der Waals surface area contributed by atoms with Crippen LogP contribution in [0.1, 0.15) is 12.1 Å². The lowest BCUT2D eigenvalue weighted by molar-refractivity contribution is -0.141. The van der Waals surface area contributed by atoms with Crippen molar-refractivity contribution in [1.82, 2.24) is 14.8 Å². The fourth-order valence-corrected chi connectivity index (χ4v) is 2.81. The van der Waals surface area contributed by atoms with Gasteiger partial charge in [-0.2, -0.15) is 0 Å². The van der Waals surface area contributed by atoms with E-state index in [2.05, 4.69) is 9.88 Å². The van der Waals surface area contributed by atoms with Crippen LogP contribution in [0.25, 0.3) is 0 Å². The van der Waals surface area contributed by atoms with Gasteiger partial charge in [0.2, 0.25) is 5.91 Å². The molecule has 1 fully saturated rings. The maximum atomic E-state index is 12.3. The largest absolute Gasteiger partial charge is 0.483 e. The van der Waals surface area contributed by atoms with Gasteiger partial charge >= 0.3 is 0 Å². The number of rotatable bonds is 3. The number of carbonyl (C=O) groups excluding carboxylic acids is 1. The molecule has 1 saturated heterocycles. The quantitative estimate of drug-likeness (QED) is 0.769. The van der Waals surface area contributed by atoms with Crippen molar-refractivity contribution in [2.75, 3.05) is 27.2 Å². The average Bonchev–Trinajstić information content (AvgIpc) is 2.94. The molecule has 118 valence electrons. The Balaban J connectivity index is 0.000000677. The molecule has 1 amide bonds. The van der Waals surface area contributed by atoms with Gasteiger partial charge in [0.05, 0.1) is 29.8 Å². The van der Waals surface area contributed by atoms with Crippen LogP contribution >= 0.6 is 11.3 Å². The standard InChI is InChI=1S/C12H19N3O2S.CH2O2/c1-14-4-3-11(16)10(6-14)12(17)15(2)5-9-7-18-8-13-9;2-1-3/h7-8,10-11,16H,3-6H2,1-2H3;1H,(H,2,3)/t10-,11+;/m1./s1. The number of aliphatic hydroxyl groups excluding tert-OH is 1. The highest BCUT2D eigenvalue weighted by atomic mass is 32.1. The molecule has 1 aromatic heterocycles. The van der Waals surface area contributed by atoms with Gasteiger partial charge < -0.3 is 20.0 Å². The topological polar surface area (TPSA) is 94.0 Å². The van der Waals surface area contributed by atoms with Gasteiger partial charge in [-0.15, -0.1) is 11.3 Å². The maximum absolute atomic E-state index is 12.3. The summed E-state index contributed by atoms with van der Waals surface area (Å²) >= 11 is 1.52. The van der Waals surface area contributed by atoms with Crippen molar-refractivity contribution in [2.45, 2.75) is 19.1 Å². The Bertz CT molecular complexity index is 441. The Labute approximate surface area is 127 Å². The van der Waals surface area contributed by atoms with E-state index in [0.717, 1.165) is 12.2 Å². The number of amides is 1. The molecule has 0 bridgehead atoms. The van der Waals surface area contributed by atoms with Crippen molar-refractivity contribution in [3.05, 3.63) is 16.6 Å². The lowest BCUT2D eigenvalue weighted by Crippen LogP contribution is -2.48. The summed E-state index contributed by atoms with van der Waals surface area (Å²) in [5, 5.41) is 18.8. The number of aliphatic hydroxyl groups is 1. The first-order chi connectivity index (χ1) is 9.99. The Morgan fingerprint density at radius 1 is 1.67 bits per heavy atom. The van der Waals surface area contributed by atoms with E-state index < -0.39 is 6.10 Å². The molecule has 2 heterocycles. The van der Waals surface area contributed by atoms with Crippen molar-refractivity contribution in [3.63, 3.8) is 0 Å². The van der Waals surface area contributed by atoms with Gasteiger partial charge in [-0.05, 0) is 13.5 Å². The van der Waals surface area contributed by atoms with Gasteiger partial charge in [0.15, 0.2) is 0 Å². The minimum Gasteiger partial charge on any atom is -0.483 e. The number of aromatic nitrogens is 1. The van der Waals surface area contributed by atoms with Crippen LogP contribution in [0.15, 0.2) is 10.9 Å². The number of nitrogens with zero attached hydrogens (tertiary/aromatic N) is 3. The number of hydrogen-bond acceptors (Lipinski definition) is 6. The van der Waals surface area contributed by atoms with E-state index in [1.807, 2.05) is 12.4 Å². The molecule has 0 spiro atoms. The first-order valence-electron chi connectivity index (χ1n) is 6.56. The Kier molecular flexibility index (Phi) is 7.27. The van der Waals surface area contributed by atoms with Crippen LogP contribution in [0.5, 0.6) is 0 Å². The molecule has 21 heavy (non-hydrogen) atoms. The Morgan fingerprint density at radius 2 is 2.33 bits per heavy atom. The summed E-state index contributed by atoms with van der Waals surface area (Å²) in [7, 11) is 3.75. The molecule has 1 aromatic rings. The molecule has 2 rings (SSSR count). The number of carboxylic acid groups (broad SMARTS) is 1. The normalized spacial score (nSPS) is 22.0. The fourth-order valence-electron chi connectivity index (χ4n) is 2.26. The highest BCUT2D eigenvalue weighted by Crippen LogP contribution is 2.19. The zero-order valence-electron chi connectivity index (χ0n) is 12.2. The smallest absolute Gasteiger partial charge is 0.290 e. The van der Waals surface area contributed by atoms with E-state index in [1.54, 1.807) is 17.5 Å². The van der Waals surface area contributed by atoms with Crippen LogP contribution in [0, 0.1) is 5.92 Å². The van der Waals surface area contributed by atoms with Crippen molar-refractivity contribution in [2.24, 2.45) is 5.92 Å². The van der Waals surface area contributed by atoms with Gasteiger partial charge in [-0.1, -0.05) is 0 Å². The fraction of sp³-hybridized carbons (Fsp3) is 0.615. The maximum Gasteiger partial charge on any atom is 0.290 e. The lowest BCUT2D eigenvalue weighted by atomic mass is 9.93. The number of likely N-dealkylation sites (tertiary alicyclic amines) is 1. The number of carbonyl (C=O) groups is 2. The first-order valence-corrected chi connectivity index (χ1v) is 7.50. The summed E-state index contributed by atoms with van der Waals surface area (Å²) in [6.07, 6.45) is 0.142. The summed E-state index contributed by atoms with van der Waals surface area (Å²) in [5.41, 5.74) is 2.66. The highest BCUT2D eigenvalue weighted by Gasteiger charge is 2.33. The molecule has 0 unspecified atom stereocenters. The summed E-state index contributed by atoms with van der Waals surface area (Å²) in [6, 6.07) is 0. The SMILES string of the molecule is CN1CC[C@H](O)[C@H](C(=O)N(C)Cc2cscn2)C1.O=CO. The average molecular weight is 315 g/mol. The monoisotopic (exact) mass is 315 g/mol. The van der Waals surface area contributed by atoms with E-state index in [9.17, 15) is 9.90 Å². The van der Waals surface area contributed by atoms with Crippen LogP contribution in [0.3, 0.4) is 0 Å². The molecular weight excluding hydrogens is 294 g/mol. The molecule has 8 heteroatoms. The molecule has 1 aliphatic heterocycles. The van der Waals surface area contributed by atoms with Crippen molar-refractivity contribution in [3.8, 4) is 0 Å². The minimum absolute atomic E-state index is 0.00190. The second-order valence-electron chi connectivity index (χ2n) is 5.00. The number of hydrogen-bond donors (Lipinski definition) is 2. The third-order valence-electron chi connectivity index (χ3n) is 3.36. The molecule has 1 aliphatic rings. The minimum atomic E-state index is -0.522. The predicted octanol–water partition coefficient (Wildman–Crippen LogP) is 0.115. The van der Waals surface area contributed by atoms with Crippen molar-refractivity contribution in [1.29, 1.82) is 0 Å². The van der Waals surface area contributed by atoms with Crippen LogP contribution < -0.4 is 0 Å². The number of piperidine rings is 1. The van der Waals surface area contributed by atoms with Gasteiger partial charge in [-0.3, -0.25) is 9.59 Å².